The number of aryl methyl sites for hydroxylation is 1. The summed E-state index contributed by atoms with van der Waals surface area (Å²) in [5, 5.41) is 2.56. The Morgan fingerprint density at radius 3 is 2.74 bits per heavy atom. The van der Waals surface area contributed by atoms with Gasteiger partial charge in [0.05, 0.1) is 6.54 Å². The zero-order valence-corrected chi connectivity index (χ0v) is 11.7. The lowest BCUT2D eigenvalue weighted by Crippen LogP contribution is -2.45. The van der Waals surface area contributed by atoms with Crippen LogP contribution in [0.15, 0.2) is 22.7 Å². The van der Waals surface area contributed by atoms with Gasteiger partial charge in [-0.25, -0.2) is 8.78 Å². The number of rotatable bonds is 4. The molecular weight excluding hydrogens is 326 g/mol. The topological polar surface area (TPSA) is 12.0 Å². The van der Waals surface area contributed by atoms with Crippen LogP contribution in [0.2, 0.25) is 0 Å². The molecule has 19 heavy (non-hydrogen) atoms. The highest BCUT2D eigenvalue weighted by molar-refractivity contribution is 9.10. The lowest BCUT2D eigenvalue weighted by atomic mass is 9.88. The molecule has 0 aromatic heterocycles. The summed E-state index contributed by atoms with van der Waals surface area (Å²) in [5.41, 5.74) is 2.28. The van der Waals surface area contributed by atoms with Crippen LogP contribution in [0.1, 0.15) is 17.5 Å². The van der Waals surface area contributed by atoms with E-state index in [1.54, 1.807) is 0 Å². The quantitative estimate of drug-likeness (QED) is 0.823. The zero-order chi connectivity index (χ0) is 14.0. The maximum atomic E-state index is 12.8. The van der Waals surface area contributed by atoms with Crippen molar-refractivity contribution in [3.05, 3.63) is 33.8 Å². The first kappa shape index (κ1) is 14.8. The minimum absolute atomic E-state index is 0.168. The molecule has 1 aliphatic rings. The maximum Gasteiger partial charge on any atom is 0.319 e. The SMILES string of the molecule is FC(F)C(F)(F)CNC1CCc2cc(Br)ccc2C1. The minimum Gasteiger partial charge on any atom is -0.308 e. The van der Waals surface area contributed by atoms with E-state index in [0.29, 0.717) is 12.8 Å². The summed E-state index contributed by atoms with van der Waals surface area (Å²) in [6.45, 7) is -0.971. The largest absolute Gasteiger partial charge is 0.319 e. The van der Waals surface area contributed by atoms with E-state index in [1.807, 2.05) is 18.2 Å². The number of benzene rings is 1. The molecule has 0 radical (unpaired) electrons. The van der Waals surface area contributed by atoms with E-state index in [2.05, 4.69) is 21.2 Å². The smallest absolute Gasteiger partial charge is 0.308 e. The Morgan fingerprint density at radius 1 is 1.32 bits per heavy atom. The van der Waals surface area contributed by atoms with Crippen LogP contribution in [0, 0.1) is 0 Å². The Labute approximate surface area is 117 Å². The van der Waals surface area contributed by atoms with Crippen LogP contribution in [0.5, 0.6) is 0 Å². The zero-order valence-electron chi connectivity index (χ0n) is 10.1. The first-order valence-electron chi connectivity index (χ1n) is 6.05. The van der Waals surface area contributed by atoms with Crippen molar-refractivity contribution < 1.29 is 17.6 Å². The number of hydrogen-bond acceptors (Lipinski definition) is 1. The van der Waals surface area contributed by atoms with Crippen LogP contribution >= 0.6 is 15.9 Å². The van der Waals surface area contributed by atoms with Crippen LogP contribution in [0.25, 0.3) is 0 Å². The minimum atomic E-state index is -3.96. The van der Waals surface area contributed by atoms with Crippen molar-refractivity contribution in [2.24, 2.45) is 0 Å². The normalized spacial score (nSPS) is 19.6. The summed E-state index contributed by atoms with van der Waals surface area (Å²) in [6.07, 6.45) is -1.57. The van der Waals surface area contributed by atoms with Crippen molar-refractivity contribution in [2.45, 2.75) is 37.7 Å². The molecule has 1 N–H and O–H groups in total. The molecule has 1 nitrogen and oxygen atoms in total. The van der Waals surface area contributed by atoms with Gasteiger partial charge >= 0.3 is 12.3 Å². The van der Waals surface area contributed by atoms with E-state index in [1.165, 1.54) is 5.56 Å². The van der Waals surface area contributed by atoms with Gasteiger partial charge in [-0.3, -0.25) is 0 Å². The molecular formula is C13H14BrF4N. The maximum absolute atomic E-state index is 12.8. The average molecular weight is 340 g/mol. The number of hydrogen-bond donors (Lipinski definition) is 1. The molecule has 6 heteroatoms. The summed E-state index contributed by atoms with van der Waals surface area (Å²) in [7, 11) is 0. The standard InChI is InChI=1S/C13H14BrF4N/c14-10-3-1-9-6-11(4-2-8(9)5-10)19-7-13(17,18)12(15)16/h1,3,5,11-12,19H,2,4,6-7H2. The number of nitrogens with one attached hydrogen (secondary N) is 1. The summed E-state index contributed by atoms with van der Waals surface area (Å²) >= 11 is 3.38. The van der Waals surface area contributed by atoms with Gasteiger partial charge in [-0.1, -0.05) is 22.0 Å². The van der Waals surface area contributed by atoms with Crippen molar-refractivity contribution in [1.82, 2.24) is 5.32 Å². The van der Waals surface area contributed by atoms with Crippen molar-refractivity contribution in [2.75, 3.05) is 6.54 Å². The third-order valence-electron chi connectivity index (χ3n) is 3.34. The molecule has 1 aliphatic carbocycles. The third kappa shape index (κ3) is 3.69. The second kappa shape index (κ2) is 5.79. The van der Waals surface area contributed by atoms with E-state index < -0.39 is 18.9 Å². The lowest BCUT2D eigenvalue weighted by Gasteiger charge is -2.27. The van der Waals surface area contributed by atoms with E-state index in [9.17, 15) is 17.6 Å². The summed E-state index contributed by atoms with van der Waals surface area (Å²) in [5.74, 6) is -3.96. The summed E-state index contributed by atoms with van der Waals surface area (Å²) in [6, 6.07) is 5.69. The van der Waals surface area contributed by atoms with Crippen LogP contribution in [0.4, 0.5) is 17.6 Å². The molecule has 1 atom stereocenters. The highest BCUT2D eigenvalue weighted by Gasteiger charge is 2.40. The molecule has 1 aromatic rings. The second-order valence-electron chi connectivity index (χ2n) is 4.80. The van der Waals surface area contributed by atoms with Gasteiger partial charge in [0.15, 0.2) is 0 Å². The highest BCUT2D eigenvalue weighted by atomic mass is 79.9. The first-order valence-corrected chi connectivity index (χ1v) is 6.84. The third-order valence-corrected chi connectivity index (χ3v) is 3.84. The van der Waals surface area contributed by atoms with E-state index in [4.69, 9.17) is 0 Å². The van der Waals surface area contributed by atoms with E-state index in [-0.39, 0.29) is 6.04 Å². The number of alkyl halides is 4. The van der Waals surface area contributed by atoms with Crippen molar-refractivity contribution in [3.8, 4) is 0 Å². The molecule has 2 rings (SSSR count). The molecule has 0 spiro atoms. The number of fused-ring (bicyclic) bond motifs is 1. The van der Waals surface area contributed by atoms with Gasteiger partial charge in [-0.05, 0) is 42.5 Å². The molecule has 1 unspecified atom stereocenters. The van der Waals surface area contributed by atoms with Crippen LogP contribution in [-0.4, -0.2) is 24.9 Å². The molecule has 1 aromatic carbocycles. The van der Waals surface area contributed by atoms with Crippen LogP contribution in [-0.2, 0) is 12.8 Å². The number of halogens is 5. The fourth-order valence-electron chi connectivity index (χ4n) is 2.26. The Hall–Kier alpha value is -0.620. The van der Waals surface area contributed by atoms with Gasteiger partial charge in [0, 0.05) is 10.5 Å². The second-order valence-corrected chi connectivity index (χ2v) is 5.71. The molecule has 0 saturated carbocycles. The van der Waals surface area contributed by atoms with Gasteiger partial charge in [0.2, 0.25) is 0 Å². The predicted molar refractivity (Wildman–Crippen MR) is 68.9 cm³/mol. The van der Waals surface area contributed by atoms with Gasteiger partial charge in [0.1, 0.15) is 0 Å². The average Bonchev–Trinajstić information content (AvgIpc) is 2.36. The highest BCUT2D eigenvalue weighted by Crippen LogP contribution is 2.26. The summed E-state index contributed by atoms with van der Waals surface area (Å²) in [4.78, 5) is 0. The molecule has 0 bridgehead atoms. The van der Waals surface area contributed by atoms with E-state index in [0.717, 1.165) is 16.5 Å². The van der Waals surface area contributed by atoms with Crippen molar-refractivity contribution in [1.29, 1.82) is 0 Å². The Bertz CT molecular complexity index is 450. The summed E-state index contributed by atoms with van der Waals surface area (Å²) < 4.78 is 50.8. The molecule has 0 amide bonds. The van der Waals surface area contributed by atoms with Crippen LogP contribution in [0.3, 0.4) is 0 Å². The molecule has 0 heterocycles. The van der Waals surface area contributed by atoms with E-state index >= 15 is 0 Å². The fraction of sp³-hybridized carbons (Fsp3) is 0.538. The van der Waals surface area contributed by atoms with Crippen molar-refractivity contribution >= 4 is 15.9 Å². The Morgan fingerprint density at radius 2 is 2.05 bits per heavy atom. The van der Waals surface area contributed by atoms with Crippen LogP contribution < -0.4 is 5.32 Å². The first-order chi connectivity index (χ1) is 8.88. The van der Waals surface area contributed by atoms with Gasteiger partial charge in [-0.15, -0.1) is 0 Å². The fourth-order valence-corrected chi connectivity index (χ4v) is 2.66. The lowest BCUT2D eigenvalue weighted by molar-refractivity contribution is -0.126. The molecule has 0 saturated heterocycles. The monoisotopic (exact) mass is 339 g/mol. The van der Waals surface area contributed by atoms with Gasteiger partial charge in [-0.2, -0.15) is 8.78 Å². The Kier molecular flexibility index (Phi) is 4.50. The molecule has 0 aliphatic heterocycles. The molecule has 106 valence electrons. The molecule has 0 fully saturated rings. The van der Waals surface area contributed by atoms with Gasteiger partial charge in [0.25, 0.3) is 0 Å². The predicted octanol–water partition coefficient (Wildman–Crippen LogP) is 3.80. The Balaban J connectivity index is 1.94. The van der Waals surface area contributed by atoms with Gasteiger partial charge < -0.3 is 5.32 Å². The van der Waals surface area contributed by atoms with Crippen molar-refractivity contribution in [3.63, 3.8) is 0 Å².